The third kappa shape index (κ3) is 2.90. The first-order chi connectivity index (χ1) is 8.58. The highest BCUT2D eigenvalue weighted by molar-refractivity contribution is 5.79. The molecular weight excluding hydrogens is 228 g/mol. The number of aryl methyl sites for hydroxylation is 1. The van der Waals surface area contributed by atoms with E-state index >= 15 is 0 Å². The van der Waals surface area contributed by atoms with E-state index in [2.05, 4.69) is 5.10 Å². The van der Waals surface area contributed by atoms with Crippen LogP contribution >= 0.6 is 0 Å². The van der Waals surface area contributed by atoms with Crippen LogP contribution in [0.25, 0.3) is 0 Å². The van der Waals surface area contributed by atoms with Crippen molar-refractivity contribution in [1.29, 1.82) is 0 Å². The lowest BCUT2D eigenvalue weighted by atomic mass is 9.84. The maximum atomic E-state index is 12.3. The van der Waals surface area contributed by atoms with Crippen molar-refractivity contribution >= 4 is 5.91 Å². The Kier molecular flexibility index (Phi) is 4.01. The van der Waals surface area contributed by atoms with E-state index in [1.807, 2.05) is 20.3 Å². The number of amides is 1. The van der Waals surface area contributed by atoms with Crippen LogP contribution in [0, 0.1) is 5.92 Å². The van der Waals surface area contributed by atoms with Crippen LogP contribution in [-0.2, 0) is 18.4 Å². The average molecular weight is 250 g/mol. The molecule has 1 fully saturated rings. The molecule has 2 unspecified atom stereocenters. The molecule has 1 aromatic rings. The first-order valence-corrected chi connectivity index (χ1v) is 6.56. The van der Waals surface area contributed by atoms with Crippen molar-refractivity contribution in [3.63, 3.8) is 0 Å². The molecule has 0 saturated heterocycles. The highest BCUT2D eigenvalue weighted by Gasteiger charge is 2.30. The van der Waals surface area contributed by atoms with E-state index in [4.69, 9.17) is 5.73 Å². The Bertz CT molecular complexity index is 415. The highest BCUT2D eigenvalue weighted by Crippen LogP contribution is 2.24. The maximum Gasteiger partial charge on any atom is 0.227 e. The van der Waals surface area contributed by atoms with Crippen LogP contribution in [0.2, 0.25) is 0 Å². The Morgan fingerprint density at radius 2 is 2.28 bits per heavy atom. The molecular formula is C13H22N4O. The summed E-state index contributed by atoms with van der Waals surface area (Å²) >= 11 is 0. The number of nitrogens with two attached hydrogens (primary N) is 1. The van der Waals surface area contributed by atoms with Gasteiger partial charge in [0.25, 0.3) is 0 Å². The summed E-state index contributed by atoms with van der Waals surface area (Å²) in [7, 11) is 3.72. The lowest BCUT2D eigenvalue weighted by molar-refractivity contribution is -0.136. The van der Waals surface area contributed by atoms with Crippen molar-refractivity contribution in [2.75, 3.05) is 7.05 Å². The Balaban J connectivity index is 1.95. The largest absolute Gasteiger partial charge is 0.341 e. The van der Waals surface area contributed by atoms with E-state index < -0.39 is 0 Å². The van der Waals surface area contributed by atoms with Gasteiger partial charge in [-0.25, -0.2) is 0 Å². The maximum absolute atomic E-state index is 12.3. The fourth-order valence-corrected chi connectivity index (χ4v) is 2.65. The molecule has 1 amide bonds. The summed E-state index contributed by atoms with van der Waals surface area (Å²) < 4.78 is 1.75. The second-order valence-corrected chi connectivity index (χ2v) is 5.27. The second kappa shape index (κ2) is 5.52. The van der Waals surface area contributed by atoms with Gasteiger partial charge in [0.15, 0.2) is 0 Å². The lowest BCUT2D eigenvalue weighted by Crippen LogP contribution is -2.44. The highest BCUT2D eigenvalue weighted by atomic mass is 16.2. The van der Waals surface area contributed by atoms with Crippen LogP contribution in [-0.4, -0.2) is 33.7 Å². The Morgan fingerprint density at radius 3 is 2.89 bits per heavy atom. The summed E-state index contributed by atoms with van der Waals surface area (Å²) in [4.78, 5) is 14.1. The minimum atomic E-state index is 0.000390. The van der Waals surface area contributed by atoms with Crippen LogP contribution in [0.3, 0.4) is 0 Å². The number of carbonyl (C=O) groups excluding carboxylic acids is 1. The summed E-state index contributed by atoms with van der Waals surface area (Å²) in [6, 6.07) is 0.0302. The monoisotopic (exact) mass is 250 g/mol. The summed E-state index contributed by atoms with van der Waals surface area (Å²) in [6.45, 7) is 0.607. The standard InChI is InChI=1S/C13H22N4O/c1-16(8-10-7-15-17(2)9-10)13(18)11-5-3-4-6-12(11)14/h7,9,11-12H,3-6,8,14H2,1-2H3. The molecule has 18 heavy (non-hydrogen) atoms. The van der Waals surface area contributed by atoms with Crippen molar-refractivity contribution in [1.82, 2.24) is 14.7 Å². The second-order valence-electron chi connectivity index (χ2n) is 5.27. The summed E-state index contributed by atoms with van der Waals surface area (Å²) in [5.74, 6) is 0.173. The number of carbonyl (C=O) groups is 1. The van der Waals surface area contributed by atoms with Crippen molar-refractivity contribution in [3.8, 4) is 0 Å². The normalized spacial score (nSPS) is 23.9. The quantitative estimate of drug-likeness (QED) is 0.866. The molecule has 0 radical (unpaired) electrons. The van der Waals surface area contributed by atoms with Gasteiger partial charge < -0.3 is 10.6 Å². The SMILES string of the molecule is CN(Cc1cnn(C)c1)C(=O)C1CCCCC1N. The van der Waals surface area contributed by atoms with Gasteiger partial charge in [0.1, 0.15) is 0 Å². The fraction of sp³-hybridized carbons (Fsp3) is 0.692. The van der Waals surface area contributed by atoms with Gasteiger partial charge in [0, 0.05) is 38.4 Å². The molecule has 5 nitrogen and oxygen atoms in total. The summed E-state index contributed by atoms with van der Waals surface area (Å²) in [5.41, 5.74) is 7.10. The molecule has 1 aliphatic carbocycles. The van der Waals surface area contributed by atoms with E-state index in [1.54, 1.807) is 15.8 Å². The average Bonchev–Trinajstić information content (AvgIpc) is 2.74. The third-order valence-corrected chi connectivity index (χ3v) is 3.69. The molecule has 100 valence electrons. The van der Waals surface area contributed by atoms with Gasteiger partial charge in [-0.2, -0.15) is 5.10 Å². The number of rotatable bonds is 3. The zero-order chi connectivity index (χ0) is 13.1. The van der Waals surface area contributed by atoms with Gasteiger partial charge in [-0.05, 0) is 12.8 Å². The van der Waals surface area contributed by atoms with Gasteiger partial charge in [-0.3, -0.25) is 9.48 Å². The number of nitrogens with zero attached hydrogens (tertiary/aromatic N) is 3. The van der Waals surface area contributed by atoms with E-state index in [1.165, 1.54) is 0 Å². The molecule has 0 spiro atoms. The lowest BCUT2D eigenvalue weighted by Gasteiger charge is -2.30. The molecule has 1 aromatic heterocycles. The first kappa shape index (κ1) is 13.1. The Hall–Kier alpha value is -1.36. The van der Waals surface area contributed by atoms with E-state index in [-0.39, 0.29) is 17.9 Å². The van der Waals surface area contributed by atoms with Gasteiger partial charge in [0.2, 0.25) is 5.91 Å². The number of hydrogen-bond acceptors (Lipinski definition) is 3. The molecule has 1 aliphatic rings. The molecule has 0 bridgehead atoms. The van der Waals surface area contributed by atoms with Crippen molar-refractivity contribution in [2.24, 2.45) is 18.7 Å². The molecule has 1 heterocycles. The van der Waals surface area contributed by atoms with Gasteiger partial charge in [-0.1, -0.05) is 12.8 Å². The number of hydrogen-bond donors (Lipinski definition) is 1. The van der Waals surface area contributed by atoms with E-state index in [0.717, 1.165) is 31.2 Å². The van der Waals surface area contributed by atoms with Gasteiger partial charge in [0.05, 0.1) is 12.1 Å². The Morgan fingerprint density at radius 1 is 1.56 bits per heavy atom. The van der Waals surface area contributed by atoms with Crippen LogP contribution < -0.4 is 5.73 Å². The predicted octanol–water partition coefficient (Wildman–Crippen LogP) is 0.896. The zero-order valence-electron chi connectivity index (χ0n) is 11.2. The van der Waals surface area contributed by atoms with Crippen molar-refractivity contribution in [3.05, 3.63) is 18.0 Å². The van der Waals surface area contributed by atoms with Crippen LogP contribution in [0.15, 0.2) is 12.4 Å². The number of aromatic nitrogens is 2. The molecule has 2 N–H and O–H groups in total. The van der Waals surface area contributed by atoms with Crippen LogP contribution in [0.4, 0.5) is 0 Å². The molecule has 5 heteroatoms. The smallest absolute Gasteiger partial charge is 0.227 e. The molecule has 2 rings (SSSR count). The first-order valence-electron chi connectivity index (χ1n) is 6.56. The van der Waals surface area contributed by atoms with Gasteiger partial charge in [-0.15, -0.1) is 0 Å². The topological polar surface area (TPSA) is 64.2 Å². The Labute approximate surface area is 108 Å². The van der Waals surface area contributed by atoms with E-state index in [0.29, 0.717) is 6.54 Å². The minimum Gasteiger partial charge on any atom is -0.341 e. The van der Waals surface area contributed by atoms with E-state index in [9.17, 15) is 4.79 Å². The summed E-state index contributed by atoms with van der Waals surface area (Å²) in [5, 5.41) is 4.11. The van der Waals surface area contributed by atoms with Crippen molar-refractivity contribution in [2.45, 2.75) is 38.3 Å². The van der Waals surface area contributed by atoms with Gasteiger partial charge >= 0.3 is 0 Å². The third-order valence-electron chi connectivity index (χ3n) is 3.69. The molecule has 0 aliphatic heterocycles. The fourth-order valence-electron chi connectivity index (χ4n) is 2.65. The summed E-state index contributed by atoms with van der Waals surface area (Å²) in [6.07, 6.45) is 7.89. The zero-order valence-corrected chi connectivity index (χ0v) is 11.2. The minimum absolute atomic E-state index is 0.000390. The van der Waals surface area contributed by atoms with Crippen LogP contribution in [0.5, 0.6) is 0 Å². The predicted molar refractivity (Wildman–Crippen MR) is 69.6 cm³/mol. The van der Waals surface area contributed by atoms with Crippen LogP contribution in [0.1, 0.15) is 31.2 Å². The van der Waals surface area contributed by atoms with Crippen molar-refractivity contribution < 1.29 is 4.79 Å². The molecule has 1 saturated carbocycles. The molecule has 0 aromatic carbocycles. The molecule has 2 atom stereocenters.